The molecule has 5 rings (SSSR count). The number of amides is 2. The average Bonchev–Trinajstić information content (AvgIpc) is 3.23. The van der Waals surface area contributed by atoms with Gasteiger partial charge in [0.1, 0.15) is 11.9 Å². The second-order valence-electron chi connectivity index (χ2n) is 8.24. The molecular formula is C25H24N6O2S. The van der Waals surface area contributed by atoms with Gasteiger partial charge in [0, 0.05) is 43.9 Å². The third-order valence-electron chi connectivity index (χ3n) is 6.20. The number of carbonyl (C=O) groups excluding carboxylic acids is 2. The van der Waals surface area contributed by atoms with E-state index in [9.17, 15) is 9.59 Å². The van der Waals surface area contributed by atoms with Gasteiger partial charge in [-0.05, 0) is 30.7 Å². The van der Waals surface area contributed by atoms with E-state index in [4.69, 9.17) is 10.3 Å². The van der Waals surface area contributed by atoms with Gasteiger partial charge >= 0.3 is 0 Å². The lowest BCUT2D eigenvalue weighted by Gasteiger charge is -2.36. The van der Waals surface area contributed by atoms with E-state index in [2.05, 4.69) is 28.1 Å². The maximum absolute atomic E-state index is 13.2. The predicted octanol–water partition coefficient (Wildman–Crippen LogP) is 3.03. The highest BCUT2D eigenvalue weighted by atomic mass is 32.2. The minimum Gasteiger partial charge on any atom is -0.368 e. The van der Waals surface area contributed by atoms with Gasteiger partial charge in [0.15, 0.2) is 5.17 Å². The number of fused-ring (bicyclic) bond motifs is 3. The van der Waals surface area contributed by atoms with Crippen LogP contribution in [-0.4, -0.2) is 70.6 Å². The molecule has 8 nitrogen and oxygen atoms in total. The number of para-hydroxylation sites is 2. The molecule has 2 aromatic rings. The minimum atomic E-state index is -0.622. The van der Waals surface area contributed by atoms with Crippen LogP contribution in [0.3, 0.4) is 0 Å². The van der Waals surface area contributed by atoms with Gasteiger partial charge < -0.3 is 9.80 Å². The highest BCUT2D eigenvalue weighted by molar-refractivity contribution is 8.14. The Morgan fingerprint density at radius 2 is 1.79 bits per heavy atom. The number of nitriles is 1. The summed E-state index contributed by atoms with van der Waals surface area (Å²) >= 11 is 1.22. The van der Waals surface area contributed by atoms with Crippen molar-refractivity contribution in [1.29, 1.82) is 5.26 Å². The SMILES string of the molecule is N#CCSC1=Nc2ccccc2C2=N[C@@H](CCC(=O)N3CCN(c4ccccc4)CC3)C(=O)N12. The Hall–Kier alpha value is -3.64. The van der Waals surface area contributed by atoms with Gasteiger partial charge in [-0.1, -0.05) is 42.1 Å². The monoisotopic (exact) mass is 472 g/mol. The summed E-state index contributed by atoms with van der Waals surface area (Å²) in [5.74, 6) is 0.620. The van der Waals surface area contributed by atoms with Crippen LogP contribution in [0.4, 0.5) is 11.4 Å². The van der Waals surface area contributed by atoms with Crippen molar-refractivity contribution in [3.05, 3.63) is 60.2 Å². The van der Waals surface area contributed by atoms with Crippen molar-refractivity contribution in [1.82, 2.24) is 9.80 Å². The highest BCUT2D eigenvalue weighted by Crippen LogP contribution is 2.34. The van der Waals surface area contributed by atoms with Gasteiger partial charge in [0.05, 0.1) is 17.5 Å². The minimum absolute atomic E-state index is 0.0544. The van der Waals surface area contributed by atoms with Gasteiger partial charge in [0.25, 0.3) is 5.91 Å². The summed E-state index contributed by atoms with van der Waals surface area (Å²) in [6.45, 7) is 2.92. The van der Waals surface area contributed by atoms with E-state index in [-0.39, 0.29) is 24.0 Å². The lowest BCUT2D eigenvalue weighted by Crippen LogP contribution is -2.49. The molecule has 0 spiro atoms. The normalized spacial score (nSPS) is 19.2. The van der Waals surface area contributed by atoms with Gasteiger partial charge in [-0.2, -0.15) is 5.26 Å². The van der Waals surface area contributed by atoms with Gasteiger partial charge in [-0.25, -0.2) is 9.89 Å². The molecular weight excluding hydrogens is 448 g/mol. The topological polar surface area (TPSA) is 92.4 Å². The molecule has 3 heterocycles. The van der Waals surface area contributed by atoms with E-state index in [1.807, 2.05) is 47.4 Å². The number of rotatable bonds is 5. The molecule has 0 N–H and O–H groups in total. The maximum atomic E-state index is 13.2. The molecule has 172 valence electrons. The number of carbonyl (C=O) groups is 2. The molecule has 34 heavy (non-hydrogen) atoms. The summed E-state index contributed by atoms with van der Waals surface area (Å²) in [4.78, 5) is 41.1. The first-order valence-electron chi connectivity index (χ1n) is 11.3. The number of benzene rings is 2. The van der Waals surface area contributed by atoms with E-state index >= 15 is 0 Å². The number of hydrogen-bond acceptors (Lipinski definition) is 7. The third-order valence-corrected chi connectivity index (χ3v) is 7.00. The smallest absolute Gasteiger partial charge is 0.259 e. The Kier molecular flexibility index (Phi) is 6.32. The number of nitrogens with zero attached hydrogens (tertiary/aromatic N) is 6. The summed E-state index contributed by atoms with van der Waals surface area (Å²) in [5, 5.41) is 9.46. The number of amidine groups is 2. The van der Waals surface area contributed by atoms with E-state index in [0.29, 0.717) is 30.5 Å². The largest absolute Gasteiger partial charge is 0.368 e. The van der Waals surface area contributed by atoms with Crippen molar-refractivity contribution in [2.75, 3.05) is 36.8 Å². The van der Waals surface area contributed by atoms with Crippen LogP contribution in [0.1, 0.15) is 18.4 Å². The number of piperazine rings is 1. The second kappa shape index (κ2) is 9.69. The van der Waals surface area contributed by atoms with Crippen LogP contribution in [-0.2, 0) is 9.59 Å². The molecule has 0 radical (unpaired) electrons. The quantitative estimate of drug-likeness (QED) is 0.667. The Morgan fingerprint density at radius 3 is 2.56 bits per heavy atom. The van der Waals surface area contributed by atoms with Crippen LogP contribution in [0.2, 0.25) is 0 Å². The molecule has 3 aliphatic rings. The number of aliphatic imine (C=N–C) groups is 2. The summed E-state index contributed by atoms with van der Waals surface area (Å²) < 4.78 is 0. The molecule has 2 amide bonds. The van der Waals surface area contributed by atoms with E-state index in [0.717, 1.165) is 24.3 Å². The number of thioether (sulfide) groups is 1. The summed E-state index contributed by atoms with van der Waals surface area (Å²) in [6, 6.07) is 19.2. The Morgan fingerprint density at radius 1 is 1.06 bits per heavy atom. The van der Waals surface area contributed by atoms with Crippen molar-refractivity contribution in [2.45, 2.75) is 18.9 Å². The summed E-state index contributed by atoms with van der Waals surface area (Å²) in [5.41, 5.74) is 2.70. The van der Waals surface area contributed by atoms with E-state index < -0.39 is 6.04 Å². The molecule has 0 unspecified atom stereocenters. The number of hydrogen-bond donors (Lipinski definition) is 0. The maximum Gasteiger partial charge on any atom is 0.259 e. The predicted molar refractivity (Wildman–Crippen MR) is 133 cm³/mol. The summed E-state index contributed by atoms with van der Waals surface area (Å²) in [6.07, 6.45) is 0.626. The lowest BCUT2D eigenvalue weighted by molar-refractivity contribution is -0.131. The van der Waals surface area contributed by atoms with Crippen molar-refractivity contribution in [3.8, 4) is 6.07 Å². The third kappa shape index (κ3) is 4.29. The fourth-order valence-electron chi connectivity index (χ4n) is 4.45. The van der Waals surface area contributed by atoms with Crippen molar-refractivity contribution in [3.63, 3.8) is 0 Å². The Labute approximate surface area is 202 Å². The molecule has 2 aromatic carbocycles. The lowest BCUT2D eigenvalue weighted by atomic mass is 10.1. The molecule has 0 saturated carbocycles. The van der Waals surface area contributed by atoms with Crippen LogP contribution in [0, 0.1) is 11.3 Å². The standard InChI is InChI=1S/C25H24N6O2S/c26-12-17-34-25-28-20-9-5-4-8-19(20)23-27-21(24(33)31(23)25)10-11-22(32)30-15-13-29(14-16-30)18-6-2-1-3-7-18/h1-9,21H,10-11,13-17H2/t21-/m0/s1. The molecule has 1 fully saturated rings. The van der Waals surface area contributed by atoms with E-state index in [1.54, 1.807) is 0 Å². The van der Waals surface area contributed by atoms with Gasteiger partial charge in [-0.3, -0.25) is 14.6 Å². The van der Waals surface area contributed by atoms with Crippen LogP contribution >= 0.6 is 11.8 Å². The van der Waals surface area contributed by atoms with E-state index in [1.165, 1.54) is 22.3 Å². The zero-order chi connectivity index (χ0) is 23.5. The fourth-order valence-corrected chi connectivity index (χ4v) is 5.12. The zero-order valence-corrected chi connectivity index (χ0v) is 19.4. The molecule has 9 heteroatoms. The number of anilines is 1. The van der Waals surface area contributed by atoms with Crippen LogP contribution in [0.5, 0.6) is 0 Å². The fraction of sp³-hybridized carbons (Fsp3) is 0.320. The molecule has 0 bridgehead atoms. The Bertz CT molecular complexity index is 1200. The van der Waals surface area contributed by atoms with Gasteiger partial charge in [-0.15, -0.1) is 0 Å². The molecule has 1 saturated heterocycles. The van der Waals surface area contributed by atoms with Gasteiger partial charge in [0.2, 0.25) is 5.91 Å². The Balaban J connectivity index is 1.23. The molecule has 0 aliphatic carbocycles. The first-order chi connectivity index (χ1) is 16.7. The first kappa shape index (κ1) is 22.2. The van der Waals surface area contributed by atoms with Crippen molar-refractivity contribution >= 4 is 46.0 Å². The average molecular weight is 473 g/mol. The van der Waals surface area contributed by atoms with Crippen molar-refractivity contribution < 1.29 is 9.59 Å². The zero-order valence-electron chi connectivity index (χ0n) is 18.6. The molecule has 3 aliphatic heterocycles. The van der Waals surface area contributed by atoms with Crippen LogP contribution in [0.15, 0.2) is 64.6 Å². The molecule has 0 aromatic heterocycles. The van der Waals surface area contributed by atoms with Crippen LogP contribution in [0.25, 0.3) is 0 Å². The van der Waals surface area contributed by atoms with Crippen LogP contribution < -0.4 is 4.90 Å². The second-order valence-corrected chi connectivity index (χ2v) is 9.19. The highest BCUT2D eigenvalue weighted by Gasteiger charge is 2.41. The van der Waals surface area contributed by atoms with Crippen molar-refractivity contribution in [2.24, 2.45) is 9.98 Å². The first-order valence-corrected chi connectivity index (χ1v) is 12.3. The summed E-state index contributed by atoms with van der Waals surface area (Å²) in [7, 11) is 0. The molecule has 1 atom stereocenters.